The first-order valence-electron chi connectivity index (χ1n) is 7.34. The van der Waals surface area contributed by atoms with E-state index in [9.17, 15) is 5.11 Å². The smallest absolute Gasteiger partial charge is 0.133 e. The number of anilines is 2. The lowest BCUT2D eigenvalue weighted by Gasteiger charge is -2.21. The van der Waals surface area contributed by atoms with Crippen molar-refractivity contribution in [3.8, 4) is 0 Å². The van der Waals surface area contributed by atoms with Crippen molar-refractivity contribution < 1.29 is 5.11 Å². The molecule has 2 aromatic rings. The summed E-state index contributed by atoms with van der Waals surface area (Å²) >= 11 is 0. The number of pyridine rings is 1. The maximum Gasteiger partial charge on any atom is 0.133 e. The van der Waals surface area contributed by atoms with Crippen molar-refractivity contribution in [2.75, 3.05) is 11.9 Å². The highest BCUT2D eigenvalue weighted by Crippen LogP contribution is 2.27. The van der Waals surface area contributed by atoms with Crippen LogP contribution in [0.1, 0.15) is 42.1 Å². The van der Waals surface area contributed by atoms with E-state index >= 15 is 0 Å². The molecule has 3 heteroatoms. The molecule has 1 heterocycles. The van der Waals surface area contributed by atoms with Crippen LogP contribution in [0.5, 0.6) is 0 Å². The molecule has 2 rings (SSSR count). The standard InChI is InChI=1S/C18H24N2O/c1-12(2)17-9-15(11-21)10-18(19-17)20(5)16-7-13(3)6-14(4)8-16/h6-10,12,21H,11H2,1-5H3. The van der Waals surface area contributed by atoms with E-state index in [1.807, 2.05) is 19.2 Å². The molecule has 0 bridgehead atoms. The third-order valence-corrected chi connectivity index (χ3v) is 3.60. The van der Waals surface area contributed by atoms with Gasteiger partial charge < -0.3 is 10.0 Å². The van der Waals surface area contributed by atoms with Gasteiger partial charge in [-0.1, -0.05) is 19.9 Å². The van der Waals surface area contributed by atoms with Crippen LogP contribution in [-0.4, -0.2) is 17.1 Å². The summed E-state index contributed by atoms with van der Waals surface area (Å²) in [5.41, 5.74) is 5.50. The Morgan fingerprint density at radius 1 is 1.05 bits per heavy atom. The Balaban J connectivity index is 2.46. The van der Waals surface area contributed by atoms with Crippen LogP contribution >= 0.6 is 0 Å². The van der Waals surface area contributed by atoms with Crippen molar-refractivity contribution in [3.63, 3.8) is 0 Å². The topological polar surface area (TPSA) is 36.4 Å². The lowest BCUT2D eigenvalue weighted by atomic mass is 10.1. The first-order valence-corrected chi connectivity index (χ1v) is 7.34. The molecule has 1 aromatic heterocycles. The summed E-state index contributed by atoms with van der Waals surface area (Å²) in [6.07, 6.45) is 0. The Bertz CT molecular complexity index is 615. The molecule has 0 spiro atoms. The average molecular weight is 284 g/mol. The summed E-state index contributed by atoms with van der Waals surface area (Å²) in [5.74, 6) is 1.21. The Morgan fingerprint density at radius 2 is 1.67 bits per heavy atom. The van der Waals surface area contributed by atoms with Crippen LogP contribution in [0.4, 0.5) is 11.5 Å². The highest BCUT2D eigenvalue weighted by Gasteiger charge is 2.11. The minimum atomic E-state index is 0.0376. The minimum absolute atomic E-state index is 0.0376. The maximum absolute atomic E-state index is 9.46. The molecular weight excluding hydrogens is 260 g/mol. The predicted octanol–water partition coefficient (Wildman–Crippen LogP) is 4.08. The van der Waals surface area contributed by atoms with Crippen LogP contribution in [0, 0.1) is 13.8 Å². The van der Waals surface area contributed by atoms with E-state index in [0.29, 0.717) is 5.92 Å². The van der Waals surface area contributed by atoms with E-state index in [0.717, 1.165) is 22.8 Å². The maximum atomic E-state index is 9.46. The fourth-order valence-corrected chi connectivity index (χ4v) is 2.43. The van der Waals surface area contributed by atoms with Gasteiger partial charge in [0.15, 0.2) is 0 Å². The van der Waals surface area contributed by atoms with Gasteiger partial charge in [0, 0.05) is 18.4 Å². The predicted molar refractivity (Wildman–Crippen MR) is 88.2 cm³/mol. The van der Waals surface area contributed by atoms with Gasteiger partial charge in [-0.3, -0.25) is 0 Å². The lowest BCUT2D eigenvalue weighted by molar-refractivity contribution is 0.281. The fraction of sp³-hybridized carbons (Fsp3) is 0.389. The number of rotatable bonds is 4. The number of aromatic nitrogens is 1. The Morgan fingerprint density at radius 3 is 2.19 bits per heavy atom. The summed E-state index contributed by atoms with van der Waals surface area (Å²) in [7, 11) is 2.02. The molecule has 0 atom stereocenters. The number of aliphatic hydroxyl groups is 1. The van der Waals surface area contributed by atoms with E-state index in [1.165, 1.54) is 11.1 Å². The van der Waals surface area contributed by atoms with Crippen LogP contribution in [0.15, 0.2) is 30.3 Å². The number of nitrogens with zero attached hydrogens (tertiary/aromatic N) is 2. The van der Waals surface area contributed by atoms with Gasteiger partial charge in [-0.15, -0.1) is 0 Å². The van der Waals surface area contributed by atoms with Crippen LogP contribution in [0.2, 0.25) is 0 Å². The first kappa shape index (κ1) is 15.5. The first-order chi connectivity index (χ1) is 9.90. The molecule has 21 heavy (non-hydrogen) atoms. The average Bonchev–Trinajstić information content (AvgIpc) is 2.44. The molecule has 1 aromatic carbocycles. The second-order valence-corrected chi connectivity index (χ2v) is 5.98. The molecule has 0 amide bonds. The normalized spacial score (nSPS) is 11.0. The summed E-state index contributed by atoms with van der Waals surface area (Å²) in [5, 5.41) is 9.46. The molecule has 0 unspecified atom stereocenters. The van der Waals surface area contributed by atoms with Crippen LogP contribution in [-0.2, 0) is 6.61 Å². The molecule has 112 valence electrons. The molecule has 0 saturated heterocycles. The van der Waals surface area contributed by atoms with E-state index < -0.39 is 0 Å². The van der Waals surface area contributed by atoms with Crippen molar-refractivity contribution in [1.29, 1.82) is 0 Å². The molecule has 0 aliphatic carbocycles. The zero-order valence-electron chi connectivity index (χ0n) is 13.5. The van der Waals surface area contributed by atoms with E-state index in [1.54, 1.807) is 0 Å². The number of hydrogen-bond donors (Lipinski definition) is 1. The molecule has 0 saturated carbocycles. The lowest BCUT2D eigenvalue weighted by Crippen LogP contribution is -2.13. The summed E-state index contributed by atoms with van der Waals surface area (Å²) in [6, 6.07) is 10.4. The zero-order valence-corrected chi connectivity index (χ0v) is 13.5. The molecule has 0 aliphatic rings. The van der Waals surface area contributed by atoms with Gasteiger partial charge in [0.2, 0.25) is 0 Å². The minimum Gasteiger partial charge on any atom is -0.392 e. The van der Waals surface area contributed by atoms with E-state index in [-0.39, 0.29) is 6.61 Å². The molecular formula is C18H24N2O. The van der Waals surface area contributed by atoms with Crippen molar-refractivity contribution >= 4 is 11.5 Å². The number of aryl methyl sites for hydroxylation is 2. The van der Waals surface area contributed by atoms with Crippen molar-refractivity contribution in [2.45, 2.75) is 40.2 Å². The molecule has 3 nitrogen and oxygen atoms in total. The molecule has 0 fully saturated rings. The van der Waals surface area contributed by atoms with Gasteiger partial charge in [-0.2, -0.15) is 0 Å². The number of benzene rings is 1. The highest BCUT2D eigenvalue weighted by atomic mass is 16.3. The Hall–Kier alpha value is -1.87. The summed E-state index contributed by atoms with van der Waals surface area (Å²) in [6.45, 7) is 8.47. The van der Waals surface area contributed by atoms with Gasteiger partial charge in [-0.25, -0.2) is 4.98 Å². The summed E-state index contributed by atoms with van der Waals surface area (Å²) < 4.78 is 0. The fourth-order valence-electron chi connectivity index (χ4n) is 2.43. The number of aliphatic hydroxyl groups excluding tert-OH is 1. The molecule has 0 radical (unpaired) electrons. The van der Waals surface area contributed by atoms with Crippen molar-refractivity contribution in [1.82, 2.24) is 4.98 Å². The van der Waals surface area contributed by atoms with E-state index in [4.69, 9.17) is 4.98 Å². The third-order valence-electron chi connectivity index (χ3n) is 3.60. The van der Waals surface area contributed by atoms with Crippen molar-refractivity contribution in [3.05, 3.63) is 52.7 Å². The van der Waals surface area contributed by atoms with E-state index in [2.05, 4.69) is 50.8 Å². The Labute approximate surface area is 127 Å². The quantitative estimate of drug-likeness (QED) is 0.919. The van der Waals surface area contributed by atoms with Gasteiger partial charge in [0.1, 0.15) is 5.82 Å². The largest absolute Gasteiger partial charge is 0.392 e. The zero-order chi connectivity index (χ0) is 15.6. The van der Waals surface area contributed by atoms with Crippen LogP contribution in [0.25, 0.3) is 0 Å². The van der Waals surface area contributed by atoms with Gasteiger partial charge in [0.05, 0.1) is 6.61 Å². The van der Waals surface area contributed by atoms with Crippen LogP contribution in [0.3, 0.4) is 0 Å². The molecule has 1 N–H and O–H groups in total. The SMILES string of the molecule is Cc1cc(C)cc(N(C)c2cc(CO)cc(C(C)C)n2)c1. The summed E-state index contributed by atoms with van der Waals surface area (Å²) in [4.78, 5) is 6.81. The monoisotopic (exact) mass is 284 g/mol. The second kappa shape index (κ2) is 6.27. The van der Waals surface area contributed by atoms with Gasteiger partial charge in [-0.05, 0) is 60.7 Å². The number of hydrogen-bond acceptors (Lipinski definition) is 3. The van der Waals surface area contributed by atoms with Crippen molar-refractivity contribution in [2.24, 2.45) is 0 Å². The third kappa shape index (κ3) is 3.61. The Kier molecular flexibility index (Phi) is 4.63. The highest BCUT2D eigenvalue weighted by molar-refractivity contribution is 5.61. The van der Waals surface area contributed by atoms with Gasteiger partial charge >= 0.3 is 0 Å². The van der Waals surface area contributed by atoms with Gasteiger partial charge in [0.25, 0.3) is 0 Å². The second-order valence-electron chi connectivity index (χ2n) is 5.98. The van der Waals surface area contributed by atoms with Crippen LogP contribution < -0.4 is 4.90 Å². The molecule has 0 aliphatic heterocycles.